The van der Waals surface area contributed by atoms with Crippen LogP contribution in [0.1, 0.15) is 44.1 Å². The van der Waals surface area contributed by atoms with Gasteiger partial charge in [-0.1, -0.05) is 6.92 Å². The molecule has 0 aromatic carbocycles. The van der Waals surface area contributed by atoms with Crippen LogP contribution in [-0.2, 0) is 28.7 Å². The average molecular weight is 359 g/mol. The molecular formula is C17H24F3N3O2. The summed E-state index contributed by atoms with van der Waals surface area (Å²) in [6, 6.07) is 0. The maximum atomic E-state index is 12.8. The van der Waals surface area contributed by atoms with E-state index in [1.54, 1.807) is 16.5 Å². The molecule has 0 radical (unpaired) electrons. The summed E-state index contributed by atoms with van der Waals surface area (Å²) in [5.74, 6) is 0.575. The second kappa shape index (κ2) is 6.97. The minimum absolute atomic E-state index is 0.0247. The van der Waals surface area contributed by atoms with Gasteiger partial charge in [0.15, 0.2) is 5.69 Å². The number of alkyl halides is 3. The summed E-state index contributed by atoms with van der Waals surface area (Å²) in [5.41, 5.74) is -0.836. The van der Waals surface area contributed by atoms with Gasteiger partial charge in [0.2, 0.25) is 0 Å². The highest BCUT2D eigenvalue weighted by atomic mass is 19.4. The van der Waals surface area contributed by atoms with Crippen molar-refractivity contribution in [3.8, 4) is 0 Å². The number of hydrogen-bond acceptors (Lipinski definition) is 3. The van der Waals surface area contributed by atoms with Gasteiger partial charge in [-0.3, -0.25) is 4.79 Å². The van der Waals surface area contributed by atoms with Crippen LogP contribution in [0.3, 0.4) is 0 Å². The lowest BCUT2D eigenvalue weighted by molar-refractivity contribution is -0.142. The average Bonchev–Trinajstić information content (AvgIpc) is 3.19. The topological polar surface area (TPSA) is 47.4 Å². The summed E-state index contributed by atoms with van der Waals surface area (Å²) >= 11 is 0. The number of amides is 1. The minimum atomic E-state index is -4.41. The smallest absolute Gasteiger partial charge is 0.365 e. The van der Waals surface area contributed by atoms with Crippen LogP contribution < -0.4 is 0 Å². The van der Waals surface area contributed by atoms with E-state index in [0.717, 1.165) is 31.9 Å². The van der Waals surface area contributed by atoms with Gasteiger partial charge in [-0.05, 0) is 31.6 Å². The first-order chi connectivity index (χ1) is 11.8. The van der Waals surface area contributed by atoms with Crippen LogP contribution in [0, 0.1) is 5.92 Å². The fourth-order valence-corrected chi connectivity index (χ4v) is 3.71. The number of nitrogens with zero attached hydrogens (tertiary/aromatic N) is 3. The molecule has 0 aliphatic carbocycles. The van der Waals surface area contributed by atoms with Crippen LogP contribution in [0.4, 0.5) is 13.2 Å². The van der Waals surface area contributed by atoms with Crippen LogP contribution in [0.2, 0.25) is 0 Å². The molecule has 0 N–H and O–H groups in total. The molecule has 1 saturated heterocycles. The standard InChI is InChI=1S/C17H24F3N3O2/c1-3-12-5-6-13(25-12)16(24)22(2)8-11-4-7-15-21-14(17(18,19)20)10-23(15)9-11/h10-13H,3-9H2,1-2H3/t11-,12+,13+/m0/s1. The van der Waals surface area contributed by atoms with Gasteiger partial charge in [0.25, 0.3) is 5.91 Å². The zero-order chi connectivity index (χ0) is 18.2. The van der Waals surface area contributed by atoms with Gasteiger partial charge in [-0.25, -0.2) is 4.98 Å². The Morgan fingerprint density at radius 2 is 2.16 bits per heavy atom. The number of ether oxygens (including phenoxy) is 1. The maximum Gasteiger partial charge on any atom is 0.434 e. The lowest BCUT2D eigenvalue weighted by Gasteiger charge is -2.29. The van der Waals surface area contributed by atoms with Crippen LogP contribution in [-0.4, -0.2) is 46.2 Å². The number of halogens is 3. The van der Waals surface area contributed by atoms with Crippen LogP contribution in [0.15, 0.2) is 6.20 Å². The third-order valence-electron chi connectivity index (χ3n) is 5.13. The molecule has 8 heteroatoms. The van der Waals surface area contributed by atoms with Crippen molar-refractivity contribution < 1.29 is 22.7 Å². The number of likely N-dealkylation sites (N-methyl/N-ethyl adjacent to an activating group) is 1. The summed E-state index contributed by atoms with van der Waals surface area (Å²) in [6.07, 6.45) is 0.231. The van der Waals surface area contributed by atoms with Crippen molar-refractivity contribution in [2.75, 3.05) is 13.6 Å². The summed E-state index contributed by atoms with van der Waals surface area (Å²) in [4.78, 5) is 17.9. The van der Waals surface area contributed by atoms with E-state index in [9.17, 15) is 18.0 Å². The van der Waals surface area contributed by atoms with Crippen molar-refractivity contribution in [3.05, 3.63) is 17.7 Å². The summed E-state index contributed by atoms with van der Waals surface area (Å²) in [6.45, 7) is 3.02. The second-order valence-corrected chi connectivity index (χ2v) is 7.05. The number of hydrogen-bond donors (Lipinski definition) is 0. The molecule has 5 nitrogen and oxygen atoms in total. The molecule has 1 aromatic heterocycles. The van der Waals surface area contributed by atoms with E-state index in [4.69, 9.17) is 4.74 Å². The third kappa shape index (κ3) is 3.99. The van der Waals surface area contributed by atoms with Gasteiger partial charge >= 0.3 is 6.18 Å². The highest BCUT2D eigenvalue weighted by molar-refractivity contribution is 5.81. The second-order valence-electron chi connectivity index (χ2n) is 7.05. The lowest BCUT2D eigenvalue weighted by Crippen LogP contribution is -2.40. The van der Waals surface area contributed by atoms with Crippen LogP contribution in [0.5, 0.6) is 0 Å². The Morgan fingerprint density at radius 3 is 2.80 bits per heavy atom. The first kappa shape index (κ1) is 18.2. The molecule has 0 bridgehead atoms. The number of aryl methyl sites for hydroxylation is 1. The molecular weight excluding hydrogens is 335 g/mol. The Balaban J connectivity index is 1.57. The fraction of sp³-hybridized carbons (Fsp3) is 0.765. The van der Waals surface area contributed by atoms with Crippen LogP contribution in [0.25, 0.3) is 0 Å². The van der Waals surface area contributed by atoms with Crippen molar-refractivity contribution in [2.45, 2.75) is 64.0 Å². The molecule has 2 aliphatic rings. The number of imidazole rings is 1. The molecule has 0 saturated carbocycles. The Hall–Kier alpha value is -1.57. The van der Waals surface area contributed by atoms with E-state index in [0.29, 0.717) is 25.3 Å². The molecule has 1 aromatic rings. The summed E-state index contributed by atoms with van der Waals surface area (Å²) < 4.78 is 45.7. The van der Waals surface area contributed by atoms with Crippen molar-refractivity contribution in [3.63, 3.8) is 0 Å². The van der Waals surface area contributed by atoms with Crippen molar-refractivity contribution in [1.29, 1.82) is 0 Å². The molecule has 0 unspecified atom stereocenters. The van der Waals surface area contributed by atoms with E-state index < -0.39 is 11.9 Å². The molecule has 25 heavy (non-hydrogen) atoms. The van der Waals surface area contributed by atoms with E-state index in [2.05, 4.69) is 4.98 Å². The van der Waals surface area contributed by atoms with Gasteiger partial charge in [0.05, 0.1) is 6.10 Å². The van der Waals surface area contributed by atoms with Crippen molar-refractivity contribution in [1.82, 2.24) is 14.5 Å². The third-order valence-corrected chi connectivity index (χ3v) is 5.13. The molecule has 3 atom stereocenters. The first-order valence-corrected chi connectivity index (χ1v) is 8.81. The lowest BCUT2D eigenvalue weighted by atomic mass is 9.98. The first-order valence-electron chi connectivity index (χ1n) is 8.81. The van der Waals surface area contributed by atoms with Gasteiger partial charge in [0.1, 0.15) is 11.9 Å². The normalized spacial score (nSPS) is 26.5. The quantitative estimate of drug-likeness (QED) is 0.831. The number of aromatic nitrogens is 2. The van der Waals surface area contributed by atoms with Crippen LogP contribution >= 0.6 is 0 Å². The van der Waals surface area contributed by atoms with Gasteiger partial charge in [-0.15, -0.1) is 0 Å². The van der Waals surface area contributed by atoms with E-state index in [1.807, 2.05) is 6.92 Å². The molecule has 1 amide bonds. The largest absolute Gasteiger partial charge is 0.434 e. The van der Waals surface area contributed by atoms with Crippen molar-refractivity contribution >= 4 is 5.91 Å². The van der Waals surface area contributed by atoms with E-state index in [-0.39, 0.29) is 24.0 Å². The highest BCUT2D eigenvalue weighted by Crippen LogP contribution is 2.31. The zero-order valence-electron chi connectivity index (χ0n) is 14.6. The van der Waals surface area contributed by atoms with E-state index >= 15 is 0 Å². The van der Waals surface area contributed by atoms with E-state index in [1.165, 1.54) is 0 Å². The number of rotatable bonds is 4. The Bertz CT molecular complexity index is 629. The molecule has 3 rings (SSSR count). The molecule has 1 fully saturated rings. The number of fused-ring (bicyclic) bond motifs is 1. The fourth-order valence-electron chi connectivity index (χ4n) is 3.71. The molecule has 140 valence electrons. The minimum Gasteiger partial charge on any atom is -0.365 e. The summed E-state index contributed by atoms with van der Waals surface area (Å²) in [5, 5.41) is 0. The van der Waals surface area contributed by atoms with Gasteiger partial charge < -0.3 is 14.2 Å². The maximum absolute atomic E-state index is 12.8. The highest BCUT2D eigenvalue weighted by Gasteiger charge is 2.36. The molecule has 0 spiro atoms. The van der Waals surface area contributed by atoms with Crippen molar-refractivity contribution in [2.24, 2.45) is 5.92 Å². The molecule has 3 heterocycles. The SMILES string of the molecule is CC[C@@H]1CC[C@H](C(=O)N(C)C[C@@H]2CCc3nc(C(F)(F)F)cn3C2)O1. The van der Waals surface area contributed by atoms with Gasteiger partial charge in [0, 0.05) is 32.8 Å². The predicted octanol–water partition coefficient (Wildman–Crippen LogP) is 2.88. The Morgan fingerprint density at radius 1 is 1.40 bits per heavy atom. The monoisotopic (exact) mass is 359 g/mol. The predicted molar refractivity (Wildman–Crippen MR) is 84.9 cm³/mol. The number of carbonyl (C=O) groups excluding carboxylic acids is 1. The Labute approximate surface area is 145 Å². The number of carbonyl (C=O) groups is 1. The van der Waals surface area contributed by atoms with Gasteiger partial charge in [-0.2, -0.15) is 13.2 Å². The Kier molecular flexibility index (Phi) is 5.09. The zero-order valence-corrected chi connectivity index (χ0v) is 14.6. The summed E-state index contributed by atoms with van der Waals surface area (Å²) in [7, 11) is 1.75. The molecule has 2 aliphatic heterocycles.